The summed E-state index contributed by atoms with van der Waals surface area (Å²) in [5.41, 5.74) is -0.403. The molecule has 29 heavy (non-hydrogen) atoms. The predicted molar refractivity (Wildman–Crippen MR) is 102 cm³/mol. The van der Waals surface area contributed by atoms with Crippen LogP contribution in [-0.4, -0.2) is 49.0 Å². The maximum atomic E-state index is 12.8. The summed E-state index contributed by atoms with van der Waals surface area (Å²) in [5.74, 6) is 1.44. The normalized spacial score (nSPS) is 11.4. The van der Waals surface area contributed by atoms with Gasteiger partial charge in [0.25, 0.3) is 0 Å². The second-order valence-electron chi connectivity index (χ2n) is 7.68. The molecule has 0 aliphatic carbocycles. The molecule has 0 aromatic carbocycles. The van der Waals surface area contributed by atoms with Crippen LogP contribution in [0, 0.1) is 6.92 Å². The first-order chi connectivity index (χ1) is 13.7. The zero-order valence-corrected chi connectivity index (χ0v) is 16.9. The molecule has 0 spiro atoms. The van der Waals surface area contributed by atoms with Crippen molar-refractivity contribution in [3.05, 3.63) is 42.0 Å². The van der Waals surface area contributed by atoms with Gasteiger partial charge in [-0.3, -0.25) is 9.59 Å². The van der Waals surface area contributed by atoms with Crippen molar-refractivity contribution in [2.75, 3.05) is 6.54 Å². The molecule has 154 valence electrons. The lowest BCUT2D eigenvalue weighted by molar-refractivity contribution is -0.138. The van der Waals surface area contributed by atoms with Crippen molar-refractivity contribution in [1.82, 2.24) is 30.4 Å². The van der Waals surface area contributed by atoms with Gasteiger partial charge in [-0.25, -0.2) is 0 Å². The van der Waals surface area contributed by atoms with E-state index in [1.54, 1.807) is 24.3 Å². The van der Waals surface area contributed by atoms with Gasteiger partial charge in [0.15, 0.2) is 5.76 Å². The third kappa shape index (κ3) is 5.77. The molecule has 0 bridgehead atoms. The molecule has 3 rings (SSSR count). The van der Waals surface area contributed by atoms with Crippen molar-refractivity contribution in [3.63, 3.8) is 0 Å². The average molecular weight is 400 g/mol. The van der Waals surface area contributed by atoms with E-state index in [9.17, 15) is 9.59 Å². The Bertz CT molecular complexity index is 967. The number of carbonyl (C=O) groups is 2. The van der Waals surface area contributed by atoms with E-state index in [-0.39, 0.29) is 37.3 Å². The summed E-state index contributed by atoms with van der Waals surface area (Å²) in [4.78, 5) is 27.8. The smallest absolute Gasteiger partial charge is 0.247 e. The summed E-state index contributed by atoms with van der Waals surface area (Å²) >= 11 is 0. The Morgan fingerprint density at radius 1 is 1.24 bits per heavy atom. The van der Waals surface area contributed by atoms with Crippen molar-refractivity contribution in [1.29, 1.82) is 0 Å². The summed E-state index contributed by atoms with van der Waals surface area (Å²) in [5, 5.41) is 14.9. The summed E-state index contributed by atoms with van der Waals surface area (Å²) in [6.45, 7) is 7.31. The number of amides is 2. The molecule has 0 radical (unpaired) electrons. The van der Waals surface area contributed by atoms with Gasteiger partial charge in [0, 0.05) is 5.54 Å². The Hall–Kier alpha value is -3.43. The van der Waals surface area contributed by atoms with Crippen molar-refractivity contribution in [2.24, 2.45) is 0 Å². The number of nitrogens with one attached hydrogen (secondary N) is 1. The number of carbonyl (C=O) groups excluding carboxylic acids is 2. The summed E-state index contributed by atoms with van der Waals surface area (Å²) < 4.78 is 10.8. The second kappa shape index (κ2) is 8.29. The topological polar surface area (TPSA) is 119 Å². The monoisotopic (exact) mass is 400 g/mol. The van der Waals surface area contributed by atoms with Crippen LogP contribution in [0.1, 0.15) is 32.3 Å². The number of tetrazole rings is 1. The SMILES string of the molecule is Cc1ccc(-c2nnn(CC(=O)N(CC(=O)NC(C)(C)C)Cc3ccco3)n2)o1. The first-order valence-corrected chi connectivity index (χ1v) is 9.15. The molecule has 3 aromatic rings. The lowest BCUT2D eigenvalue weighted by atomic mass is 10.1. The van der Waals surface area contributed by atoms with Crippen LogP contribution in [0.25, 0.3) is 11.6 Å². The van der Waals surface area contributed by atoms with Gasteiger partial charge in [-0.1, -0.05) is 0 Å². The molecular formula is C19H24N6O4. The number of rotatable bonds is 7. The molecule has 10 nitrogen and oxygen atoms in total. The Morgan fingerprint density at radius 2 is 2.03 bits per heavy atom. The highest BCUT2D eigenvalue weighted by molar-refractivity contribution is 5.85. The van der Waals surface area contributed by atoms with Crippen LogP contribution in [0.2, 0.25) is 0 Å². The number of aromatic nitrogens is 4. The molecule has 0 saturated heterocycles. The third-order valence-corrected chi connectivity index (χ3v) is 3.82. The Morgan fingerprint density at radius 3 is 2.66 bits per heavy atom. The van der Waals surface area contributed by atoms with Crippen LogP contribution in [0.5, 0.6) is 0 Å². The highest BCUT2D eigenvalue weighted by atomic mass is 16.3. The Labute approximate surface area is 167 Å². The zero-order chi connectivity index (χ0) is 21.0. The third-order valence-electron chi connectivity index (χ3n) is 3.82. The fourth-order valence-corrected chi connectivity index (χ4v) is 2.64. The number of furan rings is 2. The van der Waals surface area contributed by atoms with E-state index in [1.165, 1.54) is 16.0 Å². The Balaban J connectivity index is 1.70. The van der Waals surface area contributed by atoms with E-state index < -0.39 is 5.54 Å². The minimum Gasteiger partial charge on any atom is -0.467 e. The molecular weight excluding hydrogens is 376 g/mol. The number of nitrogens with zero attached hydrogens (tertiary/aromatic N) is 5. The molecule has 0 aliphatic heterocycles. The standard InChI is InChI=1S/C19H24N6O4/c1-13-7-8-15(29-13)18-21-23-25(22-18)12-17(27)24(10-14-6-5-9-28-14)11-16(26)20-19(2,3)4/h5-9H,10-12H2,1-4H3,(H,20,26). The fraction of sp³-hybridized carbons (Fsp3) is 0.421. The summed E-state index contributed by atoms with van der Waals surface area (Å²) in [6.07, 6.45) is 1.52. The molecule has 0 unspecified atom stereocenters. The minimum absolute atomic E-state index is 0.115. The highest BCUT2D eigenvalue weighted by Gasteiger charge is 2.23. The van der Waals surface area contributed by atoms with Gasteiger partial charge >= 0.3 is 0 Å². The molecule has 1 N–H and O–H groups in total. The molecule has 0 saturated carbocycles. The van der Waals surface area contributed by atoms with Gasteiger partial charge in [0.1, 0.15) is 24.6 Å². The molecule has 3 heterocycles. The lowest BCUT2D eigenvalue weighted by Gasteiger charge is -2.25. The Kier molecular flexibility index (Phi) is 5.81. The second-order valence-corrected chi connectivity index (χ2v) is 7.68. The van der Waals surface area contributed by atoms with Gasteiger partial charge in [-0.05, 0) is 57.2 Å². The first-order valence-electron chi connectivity index (χ1n) is 9.15. The lowest BCUT2D eigenvalue weighted by Crippen LogP contribution is -2.47. The largest absolute Gasteiger partial charge is 0.467 e. The molecule has 3 aromatic heterocycles. The van der Waals surface area contributed by atoms with E-state index >= 15 is 0 Å². The number of aryl methyl sites for hydroxylation is 1. The van der Waals surface area contributed by atoms with Crippen molar-refractivity contribution < 1.29 is 18.4 Å². The van der Waals surface area contributed by atoms with Gasteiger partial charge in [0.05, 0.1) is 12.8 Å². The maximum Gasteiger partial charge on any atom is 0.247 e. The molecule has 0 aliphatic rings. The summed E-state index contributed by atoms with van der Waals surface area (Å²) in [7, 11) is 0. The van der Waals surface area contributed by atoms with Gasteiger partial charge in [-0.2, -0.15) is 4.80 Å². The highest BCUT2D eigenvalue weighted by Crippen LogP contribution is 2.16. The van der Waals surface area contributed by atoms with Crippen LogP contribution in [0.4, 0.5) is 0 Å². The predicted octanol–water partition coefficient (Wildman–Crippen LogP) is 1.78. The quantitative estimate of drug-likeness (QED) is 0.642. The minimum atomic E-state index is -0.403. The van der Waals surface area contributed by atoms with E-state index in [2.05, 4.69) is 20.7 Å². The van der Waals surface area contributed by atoms with Crippen molar-refractivity contribution in [2.45, 2.75) is 46.3 Å². The molecule has 0 fully saturated rings. The van der Waals surface area contributed by atoms with Crippen molar-refractivity contribution >= 4 is 11.8 Å². The van der Waals surface area contributed by atoms with E-state index in [1.807, 2.05) is 27.7 Å². The van der Waals surface area contributed by atoms with Gasteiger partial charge < -0.3 is 19.1 Å². The molecule has 0 atom stereocenters. The van der Waals surface area contributed by atoms with Crippen LogP contribution in [0.3, 0.4) is 0 Å². The van der Waals surface area contributed by atoms with E-state index in [4.69, 9.17) is 8.83 Å². The fourth-order valence-electron chi connectivity index (χ4n) is 2.64. The van der Waals surface area contributed by atoms with E-state index in [0.717, 1.165) is 5.76 Å². The number of hydrogen-bond donors (Lipinski definition) is 1. The first kappa shape index (κ1) is 20.3. The van der Waals surface area contributed by atoms with Crippen molar-refractivity contribution in [3.8, 4) is 11.6 Å². The van der Waals surface area contributed by atoms with Crippen LogP contribution < -0.4 is 5.32 Å². The van der Waals surface area contributed by atoms with Crippen LogP contribution in [0.15, 0.2) is 39.4 Å². The van der Waals surface area contributed by atoms with Crippen LogP contribution in [-0.2, 0) is 22.7 Å². The average Bonchev–Trinajstić information content (AvgIpc) is 3.34. The maximum absolute atomic E-state index is 12.8. The number of hydrogen-bond acceptors (Lipinski definition) is 7. The molecule has 2 amide bonds. The zero-order valence-electron chi connectivity index (χ0n) is 16.9. The van der Waals surface area contributed by atoms with Gasteiger partial charge in [0.2, 0.25) is 17.6 Å². The van der Waals surface area contributed by atoms with Crippen LogP contribution >= 0.6 is 0 Å². The summed E-state index contributed by atoms with van der Waals surface area (Å²) in [6, 6.07) is 7.00. The molecule has 10 heteroatoms. The van der Waals surface area contributed by atoms with E-state index in [0.29, 0.717) is 11.5 Å². The van der Waals surface area contributed by atoms with Gasteiger partial charge in [-0.15, -0.1) is 10.2 Å².